The number of ether oxygens (including phenoxy) is 2. The second kappa shape index (κ2) is 13.5. The van der Waals surface area contributed by atoms with Crippen molar-refractivity contribution in [2.45, 2.75) is 12.8 Å². The Kier molecular flexibility index (Phi) is 9.12. The summed E-state index contributed by atoms with van der Waals surface area (Å²) in [5.41, 5.74) is 4.43. The fourth-order valence-corrected chi connectivity index (χ4v) is 5.19. The molecule has 0 atom stereocenters. The third kappa shape index (κ3) is 7.10. The number of para-hydroxylation sites is 1. The molecule has 2 aliphatic rings. The first-order valence-electron chi connectivity index (χ1n) is 14.7. The first kappa shape index (κ1) is 31.0. The minimum atomic E-state index is -5.08. The predicted octanol–water partition coefficient (Wildman–Crippen LogP) is 3.80. The van der Waals surface area contributed by atoms with Crippen molar-refractivity contribution in [1.82, 2.24) is 29.7 Å². The third-order valence-electron chi connectivity index (χ3n) is 7.50. The van der Waals surface area contributed by atoms with Gasteiger partial charge in [-0.1, -0.05) is 18.2 Å². The standard InChI is InChI=1S/C29H30N8O2.C2HF3O2/c1-2-4-24-21(3-1)6-8-27(34-24)39-20-23-19-37-25(18-32-28(29(37)33-23)36-13-15-38-16-14-36)22-5-7-26(31-17-22)35-11-9-30-10-12-35;3-2(4,5)1(6)7/h1-8,17-19,30H,9-16,20H2;(H,6,7). The molecule has 7 rings (SSSR count). The molecule has 12 nitrogen and oxygen atoms in total. The van der Waals surface area contributed by atoms with Crippen LogP contribution in [0.25, 0.3) is 27.8 Å². The molecule has 0 saturated carbocycles. The quantitative estimate of drug-likeness (QED) is 0.282. The Balaban J connectivity index is 0.000000480. The van der Waals surface area contributed by atoms with Crippen LogP contribution in [0.5, 0.6) is 5.88 Å². The lowest BCUT2D eigenvalue weighted by Gasteiger charge is -2.28. The molecule has 2 saturated heterocycles. The summed E-state index contributed by atoms with van der Waals surface area (Å²) in [6, 6.07) is 16.1. The number of carboxylic acids is 1. The summed E-state index contributed by atoms with van der Waals surface area (Å²) in [5.74, 6) is -0.336. The van der Waals surface area contributed by atoms with E-state index in [9.17, 15) is 13.2 Å². The first-order chi connectivity index (χ1) is 22.3. The average Bonchev–Trinajstić information content (AvgIpc) is 3.52. The van der Waals surface area contributed by atoms with Crippen molar-refractivity contribution in [2.75, 3.05) is 62.3 Å². The fraction of sp³-hybridized carbons (Fsp3) is 0.323. The lowest BCUT2D eigenvalue weighted by Crippen LogP contribution is -2.43. The summed E-state index contributed by atoms with van der Waals surface area (Å²) in [6.07, 6.45) is 0.787. The van der Waals surface area contributed by atoms with Crippen molar-refractivity contribution >= 4 is 34.2 Å². The number of pyridine rings is 2. The molecule has 6 heterocycles. The minimum Gasteiger partial charge on any atom is -0.475 e. The van der Waals surface area contributed by atoms with Crippen LogP contribution in [0, 0.1) is 0 Å². The number of hydrogen-bond acceptors (Lipinski definition) is 10. The molecule has 0 spiro atoms. The zero-order valence-corrected chi connectivity index (χ0v) is 24.7. The van der Waals surface area contributed by atoms with Crippen molar-refractivity contribution in [3.63, 3.8) is 0 Å². The summed E-state index contributed by atoms with van der Waals surface area (Å²) < 4.78 is 45.5. The maximum Gasteiger partial charge on any atom is 0.490 e. The van der Waals surface area contributed by atoms with Gasteiger partial charge in [0.15, 0.2) is 11.5 Å². The van der Waals surface area contributed by atoms with Crippen LogP contribution in [0.4, 0.5) is 24.8 Å². The fourth-order valence-electron chi connectivity index (χ4n) is 5.19. The number of carbonyl (C=O) groups is 1. The molecule has 240 valence electrons. The number of morpholine rings is 1. The number of benzene rings is 1. The zero-order chi connectivity index (χ0) is 32.1. The Morgan fingerprint density at radius 2 is 1.70 bits per heavy atom. The van der Waals surface area contributed by atoms with Crippen molar-refractivity contribution < 1.29 is 32.5 Å². The molecule has 1 aromatic carbocycles. The van der Waals surface area contributed by atoms with Crippen molar-refractivity contribution in [1.29, 1.82) is 0 Å². The summed E-state index contributed by atoms with van der Waals surface area (Å²) in [5, 5.41) is 11.6. The molecule has 4 aromatic heterocycles. The van der Waals surface area contributed by atoms with E-state index in [-0.39, 0.29) is 0 Å². The molecular formula is C31H31F3N8O4. The number of carboxylic acid groups (broad SMARTS) is 1. The molecule has 2 N–H and O–H groups in total. The molecule has 2 fully saturated rings. The van der Waals surface area contributed by atoms with E-state index >= 15 is 0 Å². The minimum absolute atomic E-state index is 0.301. The van der Waals surface area contributed by atoms with Crippen LogP contribution in [-0.2, 0) is 16.1 Å². The number of nitrogens with zero attached hydrogens (tertiary/aromatic N) is 7. The third-order valence-corrected chi connectivity index (χ3v) is 7.50. The molecule has 5 aromatic rings. The highest BCUT2D eigenvalue weighted by Gasteiger charge is 2.38. The predicted molar refractivity (Wildman–Crippen MR) is 164 cm³/mol. The molecule has 0 bridgehead atoms. The number of anilines is 2. The number of hydrogen-bond donors (Lipinski definition) is 2. The van der Waals surface area contributed by atoms with Gasteiger partial charge < -0.3 is 29.7 Å². The second-order valence-corrected chi connectivity index (χ2v) is 10.6. The van der Waals surface area contributed by atoms with E-state index in [4.69, 9.17) is 34.3 Å². The number of aliphatic carboxylic acids is 1. The smallest absolute Gasteiger partial charge is 0.475 e. The lowest BCUT2D eigenvalue weighted by atomic mass is 10.2. The van der Waals surface area contributed by atoms with Gasteiger partial charge in [-0.05, 0) is 24.3 Å². The number of nitrogens with one attached hydrogen (secondary N) is 1. The van der Waals surface area contributed by atoms with E-state index in [0.717, 1.165) is 84.4 Å². The Labute approximate surface area is 261 Å². The monoisotopic (exact) mass is 636 g/mol. The zero-order valence-electron chi connectivity index (χ0n) is 24.7. The first-order valence-corrected chi connectivity index (χ1v) is 14.7. The summed E-state index contributed by atoms with van der Waals surface area (Å²) in [6.45, 7) is 7.10. The van der Waals surface area contributed by atoms with Crippen LogP contribution in [0.3, 0.4) is 0 Å². The van der Waals surface area contributed by atoms with E-state index < -0.39 is 12.1 Å². The van der Waals surface area contributed by atoms with E-state index in [1.54, 1.807) is 0 Å². The molecule has 46 heavy (non-hydrogen) atoms. The lowest BCUT2D eigenvalue weighted by molar-refractivity contribution is -0.192. The van der Waals surface area contributed by atoms with Crippen LogP contribution in [0.1, 0.15) is 5.69 Å². The van der Waals surface area contributed by atoms with Crippen LogP contribution < -0.4 is 19.9 Å². The number of aromatic nitrogens is 5. The number of imidazole rings is 1. The van der Waals surface area contributed by atoms with Gasteiger partial charge in [-0.25, -0.2) is 24.7 Å². The molecule has 0 amide bonds. The van der Waals surface area contributed by atoms with Gasteiger partial charge in [-0.2, -0.15) is 13.2 Å². The molecule has 2 aliphatic heterocycles. The van der Waals surface area contributed by atoms with Gasteiger partial charge in [0.1, 0.15) is 12.4 Å². The van der Waals surface area contributed by atoms with Crippen molar-refractivity contribution in [2.24, 2.45) is 0 Å². The summed E-state index contributed by atoms with van der Waals surface area (Å²) in [4.78, 5) is 32.7. The Hall–Kier alpha value is -5.02. The van der Waals surface area contributed by atoms with Gasteiger partial charge in [-0.3, -0.25) is 4.40 Å². The maximum absolute atomic E-state index is 10.6. The van der Waals surface area contributed by atoms with Gasteiger partial charge in [0.25, 0.3) is 0 Å². The Morgan fingerprint density at radius 3 is 2.41 bits per heavy atom. The molecular weight excluding hydrogens is 605 g/mol. The number of piperazine rings is 1. The van der Waals surface area contributed by atoms with Crippen LogP contribution in [-0.4, -0.2) is 94.1 Å². The van der Waals surface area contributed by atoms with Gasteiger partial charge in [0, 0.05) is 68.7 Å². The average molecular weight is 637 g/mol. The molecule has 0 aliphatic carbocycles. The van der Waals surface area contributed by atoms with E-state index in [0.29, 0.717) is 25.7 Å². The Bertz CT molecular complexity index is 1800. The number of rotatable bonds is 6. The van der Waals surface area contributed by atoms with Gasteiger partial charge in [0.2, 0.25) is 5.88 Å². The summed E-state index contributed by atoms with van der Waals surface area (Å²) in [7, 11) is 0. The van der Waals surface area contributed by atoms with E-state index in [1.165, 1.54) is 0 Å². The highest BCUT2D eigenvalue weighted by Crippen LogP contribution is 2.28. The normalized spacial score (nSPS) is 15.5. The number of fused-ring (bicyclic) bond motifs is 2. The van der Waals surface area contributed by atoms with Crippen LogP contribution in [0.15, 0.2) is 67.1 Å². The van der Waals surface area contributed by atoms with Gasteiger partial charge in [-0.15, -0.1) is 0 Å². The summed E-state index contributed by atoms with van der Waals surface area (Å²) >= 11 is 0. The topological polar surface area (TPSA) is 130 Å². The highest BCUT2D eigenvalue weighted by atomic mass is 19.4. The van der Waals surface area contributed by atoms with Crippen LogP contribution in [0.2, 0.25) is 0 Å². The van der Waals surface area contributed by atoms with Crippen LogP contribution >= 0.6 is 0 Å². The SMILES string of the molecule is O=C(O)C(F)(F)F.c1ccc2nc(OCc3cn4c(-c5ccc(N6CCNCC6)nc5)cnc(N5CCOCC5)c4n3)ccc2c1. The highest BCUT2D eigenvalue weighted by molar-refractivity contribution is 5.79. The van der Waals surface area contributed by atoms with Crippen molar-refractivity contribution in [3.05, 3.63) is 72.8 Å². The molecule has 0 radical (unpaired) electrons. The largest absolute Gasteiger partial charge is 0.490 e. The second-order valence-electron chi connectivity index (χ2n) is 10.6. The van der Waals surface area contributed by atoms with E-state index in [1.807, 2.05) is 55.0 Å². The molecule has 15 heteroatoms. The molecule has 0 unspecified atom stereocenters. The van der Waals surface area contributed by atoms with Crippen molar-refractivity contribution in [3.8, 4) is 17.1 Å². The number of alkyl halides is 3. The maximum atomic E-state index is 10.6. The van der Waals surface area contributed by atoms with Gasteiger partial charge in [0.05, 0.1) is 36.3 Å². The number of halogens is 3. The van der Waals surface area contributed by atoms with E-state index in [2.05, 4.69) is 36.6 Å². The van der Waals surface area contributed by atoms with Gasteiger partial charge >= 0.3 is 12.1 Å². The Morgan fingerprint density at radius 1 is 0.935 bits per heavy atom.